The van der Waals surface area contributed by atoms with Gasteiger partial charge in [0.05, 0.1) is 0 Å². The van der Waals surface area contributed by atoms with Gasteiger partial charge in [-0.2, -0.15) is 0 Å². The number of hydrogen-bond acceptors (Lipinski definition) is 0. The number of benzene rings is 1. The molecule has 0 spiro atoms. The molecular formula is C9H13F3Te. The van der Waals surface area contributed by atoms with Gasteiger partial charge in [-0.25, -0.2) is 0 Å². The Balaban J connectivity index is 2.81. The van der Waals surface area contributed by atoms with Gasteiger partial charge in [0.25, 0.3) is 0 Å². The molecule has 1 aromatic carbocycles. The van der Waals surface area contributed by atoms with Crippen LogP contribution in [-0.2, 0) is 4.47 Å². The fourth-order valence-corrected chi connectivity index (χ4v) is 4.19. The second-order valence-electron chi connectivity index (χ2n) is 3.09. The topological polar surface area (TPSA) is 0 Å². The number of hydrogen-bond donors (Lipinski definition) is 0. The van der Waals surface area contributed by atoms with Crippen molar-refractivity contribution in [2.75, 3.05) is 0 Å². The molecule has 0 N–H and O–H groups in total. The van der Waals surface area contributed by atoms with E-state index in [-0.39, 0.29) is 0 Å². The van der Waals surface area contributed by atoms with Crippen LogP contribution in [0.5, 0.6) is 0 Å². The number of halogens is 3. The van der Waals surface area contributed by atoms with Crippen LogP contribution >= 0.6 is 0 Å². The summed E-state index contributed by atoms with van der Waals surface area (Å²) in [6, 6.07) is 8.11. The van der Waals surface area contributed by atoms with Gasteiger partial charge in [0.1, 0.15) is 0 Å². The molecule has 0 saturated carbocycles. The Bertz CT molecular complexity index is 276. The third-order valence-electron chi connectivity index (χ3n) is 1.90. The molecule has 0 aliphatic rings. The Morgan fingerprint density at radius 1 is 1.08 bits per heavy atom. The summed E-state index contributed by atoms with van der Waals surface area (Å²) < 4.78 is 37.9. The van der Waals surface area contributed by atoms with Crippen LogP contribution in [0.15, 0.2) is 30.3 Å². The third kappa shape index (κ3) is 3.58. The first-order chi connectivity index (χ1) is 5.91. The maximum atomic E-state index is 13.1. The zero-order valence-electron chi connectivity index (χ0n) is 7.38. The molecule has 0 aliphatic heterocycles. The van der Waals surface area contributed by atoms with Crippen LogP contribution in [0.25, 0.3) is 0 Å². The summed E-state index contributed by atoms with van der Waals surface area (Å²) in [6.45, 7) is 1.23. The zero-order valence-corrected chi connectivity index (χ0v) is 9.93. The summed E-state index contributed by atoms with van der Waals surface area (Å²) in [5.74, 6) is 0. The minimum absolute atomic E-state index is 0.402. The molecule has 0 fully saturated rings. The fourth-order valence-electron chi connectivity index (χ4n) is 1.03. The van der Waals surface area contributed by atoms with Crippen LogP contribution in [0.4, 0.5) is 8.68 Å². The molecule has 0 heterocycles. The van der Waals surface area contributed by atoms with Gasteiger partial charge in [-0.05, 0) is 0 Å². The molecule has 0 aromatic heterocycles. The summed E-state index contributed by atoms with van der Waals surface area (Å²) in [4.78, 5) is 0. The fraction of sp³-hybridized carbons (Fsp3) is 0.333. The van der Waals surface area contributed by atoms with Crippen LogP contribution < -0.4 is 0 Å². The van der Waals surface area contributed by atoms with Gasteiger partial charge >= 0.3 is 78.9 Å². The summed E-state index contributed by atoms with van der Waals surface area (Å²) >= 11 is -6.65. The first-order valence-electron chi connectivity index (χ1n) is 4.11. The first-order valence-corrected chi connectivity index (χ1v) is 10.6. The molecule has 13 heavy (non-hydrogen) atoms. The third-order valence-corrected chi connectivity index (χ3v) is 7.93. The second kappa shape index (κ2) is 3.51. The first kappa shape index (κ1) is 10.9. The molecule has 1 aromatic rings. The molecule has 0 aliphatic carbocycles. The molecule has 0 nitrogen and oxygen atoms in total. The molecular weight excluding hydrogens is 293 g/mol. The van der Waals surface area contributed by atoms with Crippen LogP contribution in [0, 0.1) is 0 Å². The van der Waals surface area contributed by atoms with E-state index in [0.29, 0.717) is 5.56 Å². The van der Waals surface area contributed by atoms with Crippen LogP contribution in [0.2, 0.25) is 4.47 Å². The van der Waals surface area contributed by atoms with E-state index in [4.69, 9.17) is 0 Å². The summed E-state index contributed by atoms with van der Waals surface area (Å²) in [6.07, 6.45) is 0. The summed E-state index contributed by atoms with van der Waals surface area (Å²) in [5, 5.41) is 0. The van der Waals surface area contributed by atoms with Crippen molar-refractivity contribution in [3.8, 4) is 0 Å². The average molecular weight is 306 g/mol. The van der Waals surface area contributed by atoms with E-state index in [1.54, 1.807) is 30.3 Å². The van der Waals surface area contributed by atoms with Gasteiger partial charge in [-0.1, -0.05) is 0 Å². The van der Waals surface area contributed by atoms with Crippen LogP contribution in [0.1, 0.15) is 12.5 Å². The van der Waals surface area contributed by atoms with Crippen LogP contribution in [0.3, 0.4) is 0 Å². The van der Waals surface area contributed by atoms with Crippen molar-refractivity contribution in [1.82, 2.24) is 0 Å². The normalized spacial score (nSPS) is 14.9. The van der Waals surface area contributed by atoms with Gasteiger partial charge in [-0.15, -0.1) is 0 Å². The number of rotatable bonds is 3. The van der Waals surface area contributed by atoms with Crippen molar-refractivity contribution in [2.24, 2.45) is 0 Å². The van der Waals surface area contributed by atoms with Gasteiger partial charge in [0, 0.05) is 0 Å². The molecule has 0 bridgehead atoms. The Labute approximate surface area is 79.1 Å². The molecule has 76 valence electrons. The Morgan fingerprint density at radius 2 is 1.62 bits per heavy atom. The van der Waals surface area contributed by atoms with Crippen molar-refractivity contribution in [2.45, 2.75) is 15.9 Å². The SMILES string of the molecule is CC[TeH](F)(F)(F)Cc1ccccc1. The Morgan fingerprint density at radius 3 is 2.08 bits per heavy atom. The minimum atomic E-state index is -6.65. The molecule has 0 atom stereocenters. The standard InChI is InChI=1S/C9H13F3Te/c1-2-13(10,11,12)8-9-6-4-3-5-7-9/h3-7,13H,2,8H2,1H3. The molecule has 0 unspecified atom stereocenters. The van der Waals surface area contributed by atoms with Crippen molar-refractivity contribution < 1.29 is 8.68 Å². The van der Waals surface area contributed by atoms with E-state index in [1.807, 2.05) is 0 Å². The Hall–Kier alpha value is -0.200. The second-order valence-corrected chi connectivity index (χ2v) is 12.3. The van der Waals surface area contributed by atoms with Gasteiger partial charge in [0.15, 0.2) is 0 Å². The van der Waals surface area contributed by atoms with E-state index >= 15 is 0 Å². The van der Waals surface area contributed by atoms with Crippen molar-refractivity contribution in [1.29, 1.82) is 0 Å². The monoisotopic (exact) mass is 308 g/mol. The van der Waals surface area contributed by atoms with Gasteiger partial charge in [0.2, 0.25) is 0 Å². The van der Waals surface area contributed by atoms with E-state index in [0.717, 1.165) is 0 Å². The van der Waals surface area contributed by atoms with Crippen molar-refractivity contribution in [3.05, 3.63) is 35.9 Å². The van der Waals surface area contributed by atoms with Gasteiger partial charge < -0.3 is 0 Å². The molecule has 4 heteroatoms. The summed E-state index contributed by atoms with van der Waals surface area (Å²) in [7, 11) is 0. The maximum absolute atomic E-state index is 13.1. The molecule has 0 radical (unpaired) electrons. The van der Waals surface area contributed by atoms with Crippen molar-refractivity contribution in [3.63, 3.8) is 0 Å². The predicted octanol–water partition coefficient (Wildman–Crippen LogP) is 3.32. The molecule has 0 saturated heterocycles. The summed E-state index contributed by atoms with van der Waals surface area (Å²) in [5.41, 5.74) is 0.402. The van der Waals surface area contributed by atoms with E-state index in [1.165, 1.54) is 6.92 Å². The van der Waals surface area contributed by atoms with Gasteiger partial charge in [-0.3, -0.25) is 0 Å². The zero-order chi connectivity index (χ0) is 9.97. The Kier molecular flexibility index (Phi) is 2.94. The van der Waals surface area contributed by atoms with E-state index in [9.17, 15) is 8.68 Å². The quantitative estimate of drug-likeness (QED) is 0.752. The van der Waals surface area contributed by atoms with Crippen LogP contribution in [-0.4, -0.2) is 18.5 Å². The predicted molar refractivity (Wildman–Crippen MR) is 51.1 cm³/mol. The molecule has 1 rings (SSSR count). The van der Waals surface area contributed by atoms with Crippen molar-refractivity contribution >= 4 is 18.5 Å². The van der Waals surface area contributed by atoms with E-state index in [2.05, 4.69) is 0 Å². The average Bonchev–Trinajstić information content (AvgIpc) is 2.05. The molecule has 0 amide bonds. The van der Waals surface area contributed by atoms with E-state index < -0.39 is 27.4 Å².